The molecule has 0 aliphatic rings. The molecule has 0 amide bonds. The number of fused-ring (bicyclic) bond motifs is 1. The van der Waals surface area contributed by atoms with Crippen LogP contribution in [0.2, 0.25) is 0 Å². The molecule has 0 bridgehead atoms. The molecule has 0 aliphatic heterocycles. The third kappa shape index (κ3) is 3.73. The first-order valence-electron chi connectivity index (χ1n) is 7.30. The third-order valence-electron chi connectivity index (χ3n) is 3.70. The molecule has 25 heavy (non-hydrogen) atoms. The van der Waals surface area contributed by atoms with Gasteiger partial charge in [0.25, 0.3) is 5.56 Å². The SMILES string of the molecule is CC(NS(=O)(=O)c1ccc2[nH]c(=O)[nH]c(=O)c2c1)c1cccc(Br)c1. The van der Waals surface area contributed by atoms with Crippen molar-refractivity contribution in [2.45, 2.75) is 17.9 Å². The standard InChI is InChI=1S/C16H14BrN3O4S/c1-9(10-3-2-4-11(17)7-10)20-25(23,24)12-5-6-14-13(8-12)15(21)19-16(22)18-14/h2-9,20H,1H3,(H2,18,19,21,22). The molecule has 9 heteroatoms. The Bertz CT molecular complexity index is 1170. The van der Waals surface area contributed by atoms with E-state index in [2.05, 4.69) is 30.6 Å². The molecule has 7 nitrogen and oxygen atoms in total. The summed E-state index contributed by atoms with van der Waals surface area (Å²) in [6, 6.07) is 10.8. The van der Waals surface area contributed by atoms with Gasteiger partial charge in [-0.25, -0.2) is 17.9 Å². The van der Waals surface area contributed by atoms with Gasteiger partial charge in [0.05, 0.1) is 15.8 Å². The fourth-order valence-electron chi connectivity index (χ4n) is 2.46. The first kappa shape index (κ1) is 17.6. The van der Waals surface area contributed by atoms with Crippen molar-refractivity contribution in [3.63, 3.8) is 0 Å². The van der Waals surface area contributed by atoms with E-state index in [9.17, 15) is 18.0 Å². The summed E-state index contributed by atoms with van der Waals surface area (Å²) in [7, 11) is -3.85. The summed E-state index contributed by atoms with van der Waals surface area (Å²) in [4.78, 5) is 27.6. The van der Waals surface area contributed by atoms with Crippen LogP contribution in [-0.2, 0) is 10.0 Å². The van der Waals surface area contributed by atoms with Crippen molar-refractivity contribution in [1.29, 1.82) is 0 Å². The van der Waals surface area contributed by atoms with Gasteiger partial charge in [0.1, 0.15) is 0 Å². The fourth-order valence-corrected chi connectivity index (χ4v) is 4.13. The van der Waals surface area contributed by atoms with E-state index < -0.39 is 27.3 Å². The number of rotatable bonds is 4. The van der Waals surface area contributed by atoms with Gasteiger partial charge >= 0.3 is 5.69 Å². The molecule has 3 N–H and O–H groups in total. The van der Waals surface area contributed by atoms with Gasteiger partial charge in [0.15, 0.2) is 0 Å². The number of nitrogens with one attached hydrogen (secondary N) is 3. The lowest BCUT2D eigenvalue weighted by molar-refractivity contribution is 0.567. The van der Waals surface area contributed by atoms with Crippen LogP contribution in [0.25, 0.3) is 10.9 Å². The molecule has 0 radical (unpaired) electrons. The number of H-pyrrole nitrogens is 2. The van der Waals surface area contributed by atoms with Crippen molar-refractivity contribution in [3.8, 4) is 0 Å². The average molecular weight is 424 g/mol. The predicted molar refractivity (Wildman–Crippen MR) is 98.1 cm³/mol. The number of hydrogen-bond acceptors (Lipinski definition) is 4. The van der Waals surface area contributed by atoms with E-state index >= 15 is 0 Å². The minimum atomic E-state index is -3.85. The molecule has 1 atom stereocenters. The fraction of sp³-hybridized carbons (Fsp3) is 0.125. The number of benzene rings is 2. The molecule has 0 spiro atoms. The van der Waals surface area contributed by atoms with Crippen molar-refractivity contribution in [3.05, 3.63) is 73.3 Å². The van der Waals surface area contributed by atoms with E-state index in [1.165, 1.54) is 18.2 Å². The lowest BCUT2D eigenvalue weighted by Crippen LogP contribution is -2.27. The van der Waals surface area contributed by atoms with Gasteiger partial charge in [-0.05, 0) is 42.8 Å². The van der Waals surface area contributed by atoms with Gasteiger partial charge in [-0.1, -0.05) is 28.1 Å². The molecule has 2 aromatic carbocycles. The summed E-state index contributed by atoms with van der Waals surface area (Å²) in [5, 5.41) is 0.0950. The summed E-state index contributed by atoms with van der Waals surface area (Å²) in [5.74, 6) is 0. The zero-order valence-electron chi connectivity index (χ0n) is 13.0. The van der Waals surface area contributed by atoms with Crippen LogP contribution >= 0.6 is 15.9 Å². The Labute approximate surface area is 151 Å². The number of sulfonamides is 1. The second-order valence-electron chi connectivity index (χ2n) is 5.51. The topological polar surface area (TPSA) is 112 Å². The third-order valence-corrected chi connectivity index (χ3v) is 5.73. The van der Waals surface area contributed by atoms with Crippen LogP contribution in [0.15, 0.2) is 61.4 Å². The lowest BCUT2D eigenvalue weighted by atomic mass is 10.1. The average Bonchev–Trinajstić information content (AvgIpc) is 2.54. The smallest absolute Gasteiger partial charge is 0.307 e. The first-order valence-corrected chi connectivity index (χ1v) is 9.58. The molecule has 1 heterocycles. The monoisotopic (exact) mass is 423 g/mol. The van der Waals surface area contributed by atoms with Gasteiger partial charge in [-0.3, -0.25) is 9.78 Å². The van der Waals surface area contributed by atoms with Crippen LogP contribution in [-0.4, -0.2) is 18.4 Å². The molecule has 0 fully saturated rings. The van der Waals surface area contributed by atoms with E-state index in [-0.39, 0.29) is 15.8 Å². The summed E-state index contributed by atoms with van der Waals surface area (Å²) in [5.41, 5.74) is -0.223. The van der Waals surface area contributed by atoms with Crippen molar-refractivity contribution < 1.29 is 8.42 Å². The number of halogens is 1. The largest absolute Gasteiger partial charge is 0.326 e. The van der Waals surface area contributed by atoms with Crippen LogP contribution in [0, 0.1) is 0 Å². The molecule has 0 saturated heterocycles. The number of aromatic nitrogens is 2. The van der Waals surface area contributed by atoms with Crippen LogP contribution in [0.3, 0.4) is 0 Å². The Morgan fingerprint density at radius 1 is 1.08 bits per heavy atom. The second kappa shape index (κ2) is 6.58. The molecular formula is C16H14BrN3O4S. The second-order valence-corrected chi connectivity index (χ2v) is 8.14. The van der Waals surface area contributed by atoms with Crippen molar-refractivity contribution in [1.82, 2.24) is 14.7 Å². The Morgan fingerprint density at radius 2 is 1.84 bits per heavy atom. The van der Waals surface area contributed by atoms with Crippen molar-refractivity contribution >= 4 is 36.9 Å². The minimum Gasteiger partial charge on any atom is -0.307 e. The van der Waals surface area contributed by atoms with Crippen LogP contribution in [0.5, 0.6) is 0 Å². The first-order chi connectivity index (χ1) is 11.8. The van der Waals surface area contributed by atoms with E-state index in [1.807, 2.05) is 24.3 Å². The lowest BCUT2D eigenvalue weighted by Gasteiger charge is -2.15. The van der Waals surface area contributed by atoms with Crippen molar-refractivity contribution in [2.24, 2.45) is 0 Å². The Balaban J connectivity index is 1.98. The van der Waals surface area contributed by atoms with Gasteiger partial charge in [0.2, 0.25) is 10.0 Å². The summed E-state index contributed by atoms with van der Waals surface area (Å²) < 4.78 is 28.7. The Kier molecular flexibility index (Phi) is 4.63. The molecule has 3 rings (SSSR count). The maximum absolute atomic E-state index is 12.6. The summed E-state index contributed by atoms with van der Waals surface area (Å²) in [6.07, 6.45) is 0. The maximum Gasteiger partial charge on any atom is 0.326 e. The van der Waals surface area contributed by atoms with E-state index in [0.29, 0.717) is 0 Å². The minimum absolute atomic E-state index is 0.0561. The maximum atomic E-state index is 12.6. The molecule has 130 valence electrons. The molecule has 3 aromatic rings. The molecule has 1 aromatic heterocycles. The van der Waals surface area contributed by atoms with Gasteiger partial charge in [0, 0.05) is 10.5 Å². The number of hydrogen-bond donors (Lipinski definition) is 3. The highest BCUT2D eigenvalue weighted by molar-refractivity contribution is 9.10. The molecular weight excluding hydrogens is 410 g/mol. The van der Waals surface area contributed by atoms with E-state index in [1.54, 1.807) is 6.92 Å². The van der Waals surface area contributed by atoms with Crippen LogP contribution in [0.1, 0.15) is 18.5 Å². The summed E-state index contributed by atoms with van der Waals surface area (Å²) >= 11 is 3.35. The highest BCUT2D eigenvalue weighted by Gasteiger charge is 2.19. The molecule has 0 saturated carbocycles. The zero-order valence-corrected chi connectivity index (χ0v) is 15.4. The van der Waals surface area contributed by atoms with Crippen molar-refractivity contribution in [2.75, 3.05) is 0 Å². The Morgan fingerprint density at radius 3 is 2.56 bits per heavy atom. The zero-order chi connectivity index (χ0) is 18.2. The normalized spacial score (nSPS) is 13.0. The quantitative estimate of drug-likeness (QED) is 0.595. The van der Waals surface area contributed by atoms with Crippen LogP contribution in [0.4, 0.5) is 0 Å². The summed E-state index contributed by atoms with van der Waals surface area (Å²) in [6.45, 7) is 1.73. The molecule has 1 unspecified atom stereocenters. The highest BCUT2D eigenvalue weighted by atomic mass is 79.9. The Hall–Kier alpha value is -2.23. The number of aromatic amines is 2. The van der Waals surface area contributed by atoms with Gasteiger partial charge in [-0.15, -0.1) is 0 Å². The van der Waals surface area contributed by atoms with E-state index in [0.717, 1.165) is 10.0 Å². The predicted octanol–water partition coefficient (Wildman–Crippen LogP) is 2.02. The highest BCUT2D eigenvalue weighted by Crippen LogP contribution is 2.21. The van der Waals surface area contributed by atoms with Gasteiger partial charge in [-0.2, -0.15) is 0 Å². The van der Waals surface area contributed by atoms with E-state index in [4.69, 9.17) is 0 Å². The van der Waals surface area contributed by atoms with Crippen LogP contribution < -0.4 is 16.0 Å². The van der Waals surface area contributed by atoms with Gasteiger partial charge < -0.3 is 4.98 Å². The molecule has 0 aliphatic carbocycles.